The van der Waals surface area contributed by atoms with E-state index in [9.17, 15) is 13.2 Å². The quantitative estimate of drug-likeness (QED) is 0.813. The Morgan fingerprint density at radius 3 is 2.50 bits per heavy atom. The maximum absolute atomic E-state index is 12.3. The first-order valence-electron chi connectivity index (χ1n) is 7.82. The van der Waals surface area contributed by atoms with E-state index in [1.807, 2.05) is 0 Å². The molecule has 1 aliphatic rings. The van der Waals surface area contributed by atoms with Crippen molar-refractivity contribution in [1.29, 1.82) is 0 Å². The number of hydrogen-bond acceptors (Lipinski definition) is 4. The zero-order valence-corrected chi connectivity index (χ0v) is 13.9. The number of benzene rings is 1. The third-order valence-corrected chi connectivity index (χ3v) is 5.43. The maximum Gasteiger partial charge on any atom is 0.240 e. The molecule has 5 nitrogen and oxygen atoms in total. The molecule has 1 saturated heterocycles. The summed E-state index contributed by atoms with van der Waals surface area (Å²) in [6.07, 6.45) is 4.90. The van der Waals surface area contributed by atoms with Crippen LogP contribution >= 0.6 is 0 Å². The molecule has 122 valence electrons. The summed E-state index contributed by atoms with van der Waals surface area (Å²) in [5.41, 5.74) is 0.412. The van der Waals surface area contributed by atoms with E-state index in [0.717, 1.165) is 19.6 Å². The van der Waals surface area contributed by atoms with Gasteiger partial charge in [0.25, 0.3) is 0 Å². The molecule has 0 bridgehead atoms. The lowest BCUT2D eigenvalue weighted by molar-refractivity contribution is 0.101. The van der Waals surface area contributed by atoms with Crippen LogP contribution in [0.15, 0.2) is 29.2 Å². The van der Waals surface area contributed by atoms with E-state index in [-0.39, 0.29) is 10.7 Å². The van der Waals surface area contributed by atoms with E-state index >= 15 is 0 Å². The van der Waals surface area contributed by atoms with Crippen molar-refractivity contribution in [2.45, 2.75) is 37.5 Å². The molecule has 2 rings (SSSR count). The monoisotopic (exact) mass is 324 g/mol. The Labute approximate surface area is 132 Å². The lowest BCUT2D eigenvalue weighted by Gasteiger charge is -2.19. The highest BCUT2D eigenvalue weighted by atomic mass is 32.2. The summed E-state index contributed by atoms with van der Waals surface area (Å²) in [5, 5.41) is 0. The Balaban J connectivity index is 1.93. The fourth-order valence-electron chi connectivity index (χ4n) is 2.66. The number of Topliss-reactive ketones (excluding diaryl/α,β-unsaturated/α-hetero) is 1. The smallest absolute Gasteiger partial charge is 0.240 e. The molecule has 0 spiro atoms. The predicted octanol–water partition coefficient (Wildman–Crippen LogP) is 2.04. The van der Waals surface area contributed by atoms with Crippen molar-refractivity contribution in [3.63, 3.8) is 0 Å². The third kappa shape index (κ3) is 4.90. The second-order valence-electron chi connectivity index (χ2n) is 5.74. The molecule has 0 saturated carbocycles. The van der Waals surface area contributed by atoms with Gasteiger partial charge in [-0.1, -0.05) is 25.0 Å². The fourth-order valence-corrected chi connectivity index (χ4v) is 3.73. The number of sulfonamides is 1. The molecule has 0 unspecified atom stereocenters. The molecule has 0 radical (unpaired) electrons. The first kappa shape index (κ1) is 17.1. The second-order valence-corrected chi connectivity index (χ2v) is 7.50. The molecule has 0 amide bonds. The van der Waals surface area contributed by atoms with Gasteiger partial charge in [-0.25, -0.2) is 13.1 Å². The standard InChI is InChI=1S/C16H24N2O3S/c1-14(19)15-7-6-8-16(13-15)22(20,21)17-9-12-18-10-4-2-3-5-11-18/h6-8,13,17H,2-5,9-12H2,1H3. The average Bonchev–Trinajstić information content (AvgIpc) is 2.76. The Hall–Kier alpha value is -1.24. The van der Waals surface area contributed by atoms with E-state index < -0.39 is 10.0 Å². The minimum absolute atomic E-state index is 0.137. The van der Waals surface area contributed by atoms with Gasteiger partial charge in [0.15, 0.2) is 5.78 Å². The minimum atomic E-state index is -3.56. The van der Waals surface area contributed by atoms with E-state index in [4.69, 9.17) is 0 Å². The molecular formula is C16H24N2O3S. The molecule has 1 fully saturated rings. The van der Waals surface area contributed by atoms with Gasteiger partial charge >= 0.3 is 0 Å². The second kappa shape index (κ2) is 7.85. The molecule has 1 aliphatic heterocycles. The van der Waals surface area contributed by atoms with Gasteiger partial charge in [0.1, 0.15) is 0 Å². The molecule has 1 aromatic rings. The maximum atomic E-state index is 12.3. The van der Waals surface area contributed by atoms with Crippen molar-refractivity contribution in [3.8, 4) is 0 Å². The van der Waals surface area contributed by atoms with Crippen LogP contribution in [-0.4, -0.2) is 45.3 Å². The van der Waals surface area contributed by atoms with Crippen molar-refractivity contribution >= 4 is 15.8 Å². The zero-order chi connectivity index (χ0) is 16.0. The van der Waals surface area contributed by atoms with Crippen LogP contribution in [0.4, 0.5) is 0 Å². The normalized spacial score (nSPS) is 17.1. The number of carbonyl (C=O) groups excluding carboxylic acids is 1. The van der Waals surface area contributed by atoms with Crippen LogP contribution < -0.4 is 4.72 Å². The first-order valence-corrected chi connectivity index (χ1v) is 9.30. The van der Waals surface area contributed by atoms with Gasteiger partial charge in [-0.3, -0.25) is 4.79 Å². The molecule has 6 heteroatoms. The van der Waals surface area contributed by atoms with Gasteiger partial charge < -0.3 is 4.90 Å². The number of nitrogens with one attached hydrogen (secondary N) is 1. The lowest BCUT2D eigenvalue weighted by Crippen LogP contribution is -2.35. The highest BCUT2D eigenvalue weighted by molar-refractivity contribution is 7.89. The third-order valence-electron chi connectivity index (χ3n) is 3.97. The fraction of sp³-hybridized carbons (Fsp3) is 0.562. The minimum Gasteiger partial charge on any atom is -0.302 e. The SMILES string of the molecule is CC(=O)c1cccc(S(=O)(=O)NCCN2CCCCCC2)c1. The van der Waals surface area contributed by atoms with Crippen LogP contribution in [0.2, 0.25) is 0 Å². The Morgan fingerprint density at radius 2 is 1.86 bits per heavy atom. The van der Waals surface area contributed by atoms with Crippen molar-refractivity contribution in [3.05, 3.63) is 29.8 Å². The van der Waals surface area contributed by atoms with E-state index in [0.29, 0.717) is 12.1 Å². The molecule has 0 aliphatic carbocycles. The summed E-state index contributed by atoms with van der Waals surface area (Å²) >= 11 is 0. The van der Waals surface area contributed by atoms with Crippen molar-refractivity contribution in [1.82, 2.24) is 9.62 Å². The van der Waals surface area contributed by atoms with E-state index in [1.165, 1.54) is 44.7 Å². The molecule has 0 aromatic heterocycles. The van der Waals surface area contributed by atoms with Crippen molar-refractivity contribution in [2.75, 3.05) is 26.2 Å². The Bertz CT molecular complexity index is 606. The van der Waals surface area contributed by atoms with Crippen LogP contribution in [0.5, 0.6) is 0 Å². The Morgan fingerprint density at radius 1 is 1.18 bits per heavy atom. The summed E-state index contributed by atoms with van der Waals surface area (Å²) in [5.74, 6) is -0.137. The molecule has 1 N–H and O–H groups in total. The van der Waals surface area contributed by atoms with Crippen LogP contribution in [-0.2, 0) is 10.0 Å². The number of hydrogen-bond donors (Lipinski definition) is 1. The highest BCUT2D eigenvalue weighted by Crippen LogP contribution is 2.12. The lowest BCUT2D eigenvalue weighted by atomic mass is 10.2. The van der Waals surface area contributed by atoms with E-state index in [1.54, 1.807) is 12.1 Å². The number of carbonyl (C=O) groups is 1. The molecule has 1 heterocycles. The van der Waals surface area contributed by atoms with Crippen LogP contribution in [0.3, 0.4) is 0 Å². The van der Waals surface area contributed by atoms with Crippen LogP contribution in [0.25, 0.3) is 0 Å². The van der Waals surface area contributed by atoms with Gasteiger partial charge in [-0.2, -0.15) is 0 Å². The number of rotatable bonds is 6. The zero-order valence-electron chi connectivity index (χ0n) is 13.0. The number of ketones is 1. The molecule has 0 atom stereocenters. The number of likely N-dealkylation sites (tertiary alicyclic amines) is 1. The summed E-state index contributed by atoms with van der Waals surface area (Å²) in [7, 11) is -3.56. The predicted molar refractivity (Wildman–Crippen MR) is 86.5 cm³/mol. The molecule has 22 heavy (non-hydrogen) atoms. The molecule has 1 aromatic carbocycles. The van der Waals surface area contributed by atoms with Gasteiger partial charge in [-0.15, -0.1) is 0 Å². The van der Waals surface area contributed by atoms with Gasteiger partial charge in [0.05, 0.1) is 4.90 Å². The summed E-state index contributed by atoms with van der Waals surface area (Å²) in [4.78, 5) is 13.8. The van der Waals surface area contributed by atoms with Gasteiger partial charge in [0, 0.05) is 18.7 Å². The van der Waals surface area contributed by atoms with Gasteiger partial charge in [0.2, 0.25) is 10.0 Å². The topological polar surface area (TPSA) is 66.5 Å². The first-order chi connectivity index (χ1) is 10.5. The van der Waals surface area contributed by atoms with Crippen LogP contribution in [0.1, 0.15) is 43.0 Å². The Kier molecular flexibility index (Phi) is 6.11. The summed E-state index contributed by atoms with van der Waals surface area (Å²) < 4.78 is 27.2. The van der Waals surface area contributed by atoms with Crippen molar-refractivity contribution in [2.24, 2.45) is 0 Å². The summed E-state index contributed by atoms with van der Waals surface area (Å²) in [6.45, 7) is 4.64. The average molecular weight is 324 g/mol. The largest absolute Gasteiger partial charge is 0.302 e. The van der Waals surface area contributed by atoms with E-state index in [2.05, 4.69) is 9.62 Å². The number of nitrogens with zero attached hydrogens (tertiary/aromatic N) is 1. The van der Waals surface area contributed by atoms with Crippen molar-refractivity contribution < 1.29 is 13.2 Å². The summed E-state index contributed by atoms with van der Waals surface area (Å²) in [6, 6.07) is 6.16. The highest BCUT2D eigenvalue weighted by Gasteiger charge is 2.16. The molecular weight excluding hydrogens is 300 g/mol. The van der Waals surface area contributed by atoms with Gasteiger partial charge in [-0.05, 0) is 45.0 Å². The van der Waals surface area contributed by atoms with Crippen LogP contribution in [0, 0.1) is 0 Å².